The Morgan fingerprint density at radius 3 is 2.61 bits per heavy atom. The van der Waals surface area contributed by atoms with Gasteiger partial charge in [-0.15, -0.1) is 0 Å². The van der Waals surface area contributed by atoms with E-state index in [-0.39, 0.29) is 0 Å². The van der Waals surface area contributed by atoms with Crippen LogP contribution in [0.5, 0.6) is 0 Å². The molecule has 0 aromatic carbocycles. The number of anilines is 1. The molecule has 0 bridgehead atoms. The van der Waals surface area contributed by atoms with Gasteiger partial charge < -0.3 is 10.4 Å². The normalized spacial score (nSPS) is 17.4. The molecule has 1 heterocycles. The zero-order chi connectivity index (χ0) is 13.2. The molecule has 18 heavy (non-hydrogen) atoms. The minimum atomic E-state index is -1.13. The standard InChI is InChI=1S/C10H12BrN3O3S/c11-6-5-12-9(18-6)13-8(17)14-10(7(15)16)3-1-2-4-10/h5H,1-4H2,(H,15,16)(H2,12,13,14,17). The van der Waals surface area contributed by atoms with E-state index in [1.165, 1.54) is 11.3 Å². The predicted octanol–water partition coefficient (Wildman–Crippen LogP) is 2.42. The molecule has 0 radical (unpaired) electrons. The van der Waals surface area contributed by atoms with Crippen molar-refractivity contribution in [3.8, 4) is 0 Å². The average Bonchev–Trinajstić information content (AvgIpc) is 2.89. The number of nitrogens with one attached hydrogen (secondary N) is 2. The molecule has 0 spiro atoms. The number of halogens is 1. The highest BCUT2D eigenvalue weighted by Gasteiger charge is 2.42. The van der Waals surface area contributed by atoms with Gasteiger partial charge in [0.1, 0.15) is 5.54 Å². The lowest BCUT2D eigenvalue weighted by molar-refractivity contribution is -0.144. The molecule has 3 N–H and O–H groups in total. The molecule has 6 nitrogen and oxygen atoms in total. The zero-order valence-corrected chi connectivity index (χ0v) is 11.8. The molecular formula is C10H12BrN3O3S. The zero-order valence-electron chi connectivity index (χ0n) is 9.40. The van der Waals surface area contributed by atoms with Crippen molar-refractivity contribution in [2.45, 2.75) is 31.2 Å². The van der Waals surface area contributed by atoms with Crippen LogP contribution < -0.4 is 10.6 Å². The fraction of sp³-hybridized carbons (Fsp3) is 0.500. The molecule has 1 aromatic heterocycles. The highest BCUT2D eigenvalue weighted by molar-refractivity contribution is 9.11. The van der Waals surface area contributed by atoms with E-state index in [4.69, 9.17) is 0 Å². The second-order valence-corrected chi connectivity index (χ2v) is 6.55. The van der Waals surface area contributed by atoms with Crippen LogP contribution in [0.3, 0.4) is 0 Å². The molecule has 2 amide bonds. The van der Waals surface area contributed by atoms with Crippen molar-refractivity contribution in [2.75, 3.05) is 5.32 Å². The minimum Gasteiger partial charge on any atom is -0.480 e. The van der Waals surface area contributed by atoms with Gasteiger partial charge in [-0.1, -0.05) is 24.2 Å². The van der Waals surface area contributed by atoms with Crippen LogP contribution in [0.15, 0.2) is 9.98 Å². The number of aliphatic carboxylic acids is 1. The largest absolute Gasteiger partial charge is 0.480 e. The Bertz CT molecular complexity index is 471. The number of hydrogen-bond donors (Lipinski definition) is 3. The van der Waals surface area contributed by atoms with Crippen LogP contribution in [0.2, 0.25) is 0 Å². The Morgan fingerprint density at radius 2 is 2.11 bits per heavy atom. The number of carboxylic acids is 1. The predicted molar refractivity (Wildman–Crippen MR) is 70.8 cm³/mol. The molecule has 2 rings (SSSR count). The monoisotopic (exact) mass is 333 g/mol. The lowest BCUT2D eigenvalue weighted by atomic mass is 9.98. The molecule has 0 atom stereocenters. The van der Waals surface area contributed by atoms with E-state index in [9.17, 15) is 14.7 Å². The number of aromatic nitrogens is 1. The average molecular weight is 334 g/mol. The third-order valence-corrected chi connectivity index (χ3v) is 4.31. The van der Waals surface area contributed by atoms with Gasteiger partial charge in [0.05, 0.1) is 9.98 Å². The van der Waals surface area contributed by atoms with Crippen LogP contribution >= 0.6 is 27.3 Å². The molecule has 0 unspecified atom stereocenters. The molecule has 98 valence electrons. The van der Waals surface area contributed by atoms with Gasteiger partial charge in [-0.2, -0.15) is 0 Å². The van der Waals surface area contributed by atoms with E-state index in [1.807, 2.05) is 0 Å². The second kappa shape index (κ2) is 5.23. The van der Waals surface area contributed by atoms with Crippen molar-refractivity contribution >= 4 is 44.4 Å². The van der Waals surface area contributed by atoms with Gasteiger partial charge in [-0.25, -0.2) is 14.6 Å². The van der Waals surface area contributed by atoms with Crippen LogP contribution in [0.4, 0.5) is 9.93 Å². The molecule has 1 aliphatic rings. The van der Waals surface area contributed by atoms with Crippen LogP contribution in [-0.2, 0) is 4.79 Å². The summed E-state index contributed by atoms with van der Waals surface area (Å²) in [5.74, 6) is -0.976. The van der Waals surface area contributed by atoms with Crippen molar-refractivity contribution in [1.82, 2.24) is 10.3 Å². The maximum absolute atomic E-state index is 11.8. The van der Waals surface area contributed by atoms with E-state index in [0.29, 0.717) is 18.0 Å². The van der Waals surface area contributed by atoms with Crippen molar-refractivity contribution in [1.29, 1.82) is 0 Å². The van der Waals surface area contributed by atoms with E-state index >= 15 is 0 Å². The summed E-state index contributed by atoms with van der Waals surface area (Å²) in [6.45, 7) is 0. The van der Waals surface area contributed by atoms with E-state index in [2.05, 4.69) is 31.5 Å². The molecular weight excluding hydrogens is 322 g/mol. The molecule has 0 saturated heterocycles. The van der Waals surface area contributed by atoms with Crippen LogP contribution in [0.25, 0.3) is 0 Å². The number of carbonyl (C=O) groups is 2. The number of amides is 2. The topological polar surface area (TPSA) is 91.3 Å². The number of nitrogens with zero attached hydrogens (tertiary/aromatic N) is 1. The lowest BCUT2D eigenvalue weighted by Gasteiger charge is -2.24. The van der Waals surface area contributed by atoms with Crippen LogP contribution in [0, 0.1) is 0 Å². The summed E-state index contributed by atoms with van der Waals surface area (Å²) in [4.78, 5) is 27.0. The Kier molecular flexibility index (Phi) is 3.86. The smallest absolute Gasteiger partial charge is 0.329 e. The van der Waals surface area contributed by atoms with Gasteiger partial charge in [-0.05, 0) is 28.8 Å². The highest BCUT2D eigenvalue weighted by atomic mass is 79.9. The fourth-order valence-electron chi connectivity index (χ4n) is 2.03. The van der Waals surface area contributed by atoms with Crippen molar-refractivity contribution in [3.63, 3.8) is 0 Å². The summed E-state index contributed by atoms with van der Waals surface area (Å²) in [7, 11) is 0. The van der Waals surface area contributed by atoms with Crippen LogP contribution in [-0.4, -0.2) is 27.6 Å². The third kappa shape index (κ3) is 2.81. The van der Waals surface area contributed by atoms with Gasteiger partial charge in [0, 0.05) is 0 Å². The van der Waals surface area contributed by atoms with E-state index in [0.717, 1.165) is 16.6 Å². The number of carboxylic acid groups (broad SMARTS) is 1. The summed E-state index contributed by atoms with van der Waals surface area (Å²) in [5, 5.41) is 14.7. The van der Waals surface area contributed by atoms with Crippen LogP contribution in [0.1, 0.15) is 25.7 Å². The van der Waals surface area contributed by atoms with Gasteiger partial charge in [-0.3, -0.25) is 5.32 Å². The number of thiazole rings is 1. The quantitative estimate of drug-likeness (QED) is 0.792. The van der Waals surface area contributed by atoms with Crippen molar-refractivity contribution in [3.05, 3.63) is 9.98 Å². The van der Waals surface area contributed by atoms with Gasteiger partial charge in [0.15, 0.2) is 5.13 Å². The number of carbonyl (C=O) groups excluding carboxylic acids is 1. The summed E-state index contributed by atoms with van der Waals surface area (Å²) in [6, 6.07) is -0.527. The molecule has 1 saturated carbocycles. The Labute approximate surface area is 116 Å². The van der Waals surface area contributed by atoms with E-state index < -0.39 is 17.5 Å². The fourth-order valence-corrected chi connectivity index (χ4v) is 3.13. The maximum atomic E-state index is 11.8. The Balaban J connectivity index is 1.99. The molecule has 0 aliphatic heterocycles. The number of urea groups is 1. The molecule has 1 aromatic rings. The lowest BCUT2D eigenvalue weighted by Crippen LogP contribution is -2.53. The van der Waals surface area contributed by atoms with E-state index in [1.54, 1.807) is 6.20 Å². The number of rotatable bonds is 3. The summed E-state index contributed by atoms with van der Waals surface area (Å²) in [6.07, 6.45) is 4.14. The Hall–Kier alpha value is -1.15. The first-order valence-electron chi connectivity index (χ1n) is 5.46. The summed E-state index contributed by atoms with van der Waals surface area (Å²) < 4.78 is 0.798. The van der Waals surface area contributed by atoms with Crippen molar-refractivity contribution in [2.24, 2.45) is 0 Å². The molecule has 8 heteroatoms. The van der Waals surface area contributed by atoms with Crippen molar-refractivity contribution < 1.29 is 14.7 Å². The first-order chi connectivity index (χ1) is 8.52. The maximum Gasteiger partial charge on any atom is 0.329 e. The third-order valence-electron chi connectivity index (χ3n) is 2.92. The summed E-state index contributed by atoms with van der Waals surface area (Å²) >= 11 is 4.50. The van der Waals surface area contributed by atoms with Gasteiger partial charge in [0.2, 0.25) is 0 Å². The first-order valence-corrected chi connectivity index (χ1v) is 7.07. The minimum absolute atomic E-state index is 0.429. The Morgan fingerprint density at radius 1 is 1.44 bits per heavy atom. The second-order valence-electron chi connectivity index (χ2n) is 4.14. The number of hydrogen-bond acceptors (Lipinski definition) is 4. The molecule has 1 fully saturated rings. The SMILES string of the molecule is O=C(Nc1ncc(Br)s1)NC1(C(=O)O)CCCC1. The highest BCUT2D eigenvalue weighted by Crippen LogP contribution is 2.30. The first kappa shape index (κ1) is 13.3. The molecule has 1 aliphatic carbocycles. The van der Waals surface area contributed by atoms with Gasteiger partial charge in [0.25, 0.3) is 0 Å². The summed E-state index contributed by atoms with van der Waals surface area (Å²) in [5.41, 5.74) is -1.13. The van der Waals surface area contributed by atoms with Gasteiger partial charge >= 0.3 is 12.0 Å².